The Kier molecular flexibility index (Phi) is 3.59. The lowest BCUT2D eigenvalue weighted by molar-refractivity contribution is 0.568. The van der Waals surface area contributed by atoms with Crippen LogP contribution < -0.4 is 10.6 Å². The zero-order valence-corrected chi connectivity index (χ0v) is 11.8. The van der Waals surface area contributed by atoms with Gasteiger partial charge in [-0.05, 0) is 31.2 Å². The quantitative estimate of drug-likeness (QED) is 0.819. The molecule has 0 aliphatic carbocycles. The highest BCUT2D eigenvalue weighted by Crippen LogP contribution is 2.22. The Balaban J connectivity index is 2.20. The fourth-order valence-corrected chi connectivity index (χ4v) is 3.89. The maximum absolute atomic E-state index is 11.5. The largest absolute Gasteiger partial charge is 0.389 e. The minimum atomic E-state index is -2.88. The van der Waals surface area contributed by atoms with Crippen LogP contribution in [0.3, 0.4) is 0 Å². The molecule has 1 saturated heterocycles. The van der Waals surface area contributed by atoms with Crippen molar-refractivity contribution < 1.29 is 8.42 Å². The minimum Gasteiger partial charge on any atom is -0.389 e. The predicted molar refractivity (Wildman–Crippen MR) is 77.8 cm³/mol. The number of benzene rings is 1. The molecule has 0 spiro atoms. The lowest BCUT2D eigenvalue weighted by atomic mass is 10.1. The van der Waals surface area contributed by atoms with Gasteiger partial charge in [-0.1, -0.05) is 12.2 Å². The molecule has 1 aliphatic rings. The van der Waals surface area contributed by atoms with E-state index >= 15 is 0 Å². The van der Waals surface area contributed by atoms with Gasteiger partial charge < -0.3 is 10.6 Å². The van der Waals surface area contributed by atoms with Gasteiger partial charge in [0.2, 0.25) is 0 Å². The molecule has 0 saturated carbocycles. The maximum Gasteiger partial charge on any atom is 0.154 e. The van der Waals surface area contributed by atoms with E-state index < -0.39 is 9.84 Å². The molecule has 0 aromatic heterocycles. The lowest BCUT2D eigenvalue weighted by Crippen LogP contribution is -2.47. The van der Waals surface area contributed by atoms with Crippen LogP contribution in [-0.4, -0.2) is 37.5 Å². The second kappa shape index (κ2) is 4.85. The molecule has 2 N–H and O–H groups in total. The molecule has 2 rings (SSSR count). The van der Waals surface area contributed by atoms with Crippen molar-refractivity contribution in [1.29, 1.82) is 0 Å². The van der Waals surface area contributed by atoms with Gasteiger partial charge in [-0.15, -0.1) is 0 Å². The third-order valence-electron chi connectivity index (χ3n) is 3.15. The number of thiocarbonyl (C=S) groups is 1. The molecular weight excluding hydrogens is 268 g/mol. The van der Waals surface area contributed by atoms with E-state index in [1.54, 1.807) is 0 Å². The van der Waals surface area contributed by atoms with Crippen molar-refractivity contribution in [3.05, 3.63) is 29.8 Å². The first-order valence-electron chi connectivity index (χ1n) is 5.76. The van der Waals surface area contributed by atoms with Crippen molar-refractivity contribution >= 4 is 32.7 Å². The van der Waals surface area contributed by atoms with Gasteiger partial charge in [0.1, 0.15) is 4.99 Å². The zero-order chi connectivity index (χ0) is 13.3. The molecule has 1 aromatic carbocycles. The zero-order valence-electron chi connectivity index (χ0n) is 10.2. The smallest absolute Gasteiger partial charge is 0.154 e. The van der Waals surface area contributed by atoms with Crippen LogP contribution in [0.2, 0.25) is 0 Å². The molecule has 1 aliphatic heterocycles. The SMILES string of the molecule is CC1CS(=O)(=O)CCN1c1ccc(C(N)=S)cc1. The topological polar surface area (TPSA) is 63.4 Å². The lowest BCUT2D eigenvalue weighted by Gasteiger charge is -2.35. The predicted octanol–water partition coefficient (Wildman–Crippen LogP) is 0.944. The second-order valence-corrected chi connectivity index (χ2v) is 7.24. The van der Waals surface area contributed by atoms with Crippen LogP contribution in [0.1, 0.15) is 12.5 Å². The number of sulfone groups is 1. The average Bonchev–Trinajstić information content (AvgIpc) is 2.28. The monoisotopic (exact) mass is 284 g/mol. The molecule has 4 nitrogen and oxygen atoms in total. The van der Waals surface area contributed by atoms with Crippen LogP contribution in [0, 0.1) is 0 Å². The molecule has 1 atom stereocenters. The summed E-state index contributed by atoms with van der Waals surface area (Å²) in [5, 5.41) is 0. The van der Waals surface area contributed by atoms with E-state index in [1.807, 2.05) is 31.2 Å². The third kappa shape index (κ3) is 2.81. The number of nitrogens with two attached hydrogens (primary N) is 1. The standard InChI is InChI=1S/C12H16N2O2S2/c1-9-8-18(15,16)7-6-14(9)11-4-2-10(3-5-11)12(13)17/h2-5,9H,6-8H2,1H3,(H2,13,17). The van der Waals surface area contributed by atoms with Crippen molar-refractivity contribution in [2.75, 3.05) is 23.0 Å². The molecule has 1 heterocycles. The first kappa shape index (κ1) is 13.3. The molecule has 1 unspecified atom stereocenters. The van der Waals surface area contributed by atoms with E-state index in [0.29, 0.717) is 11.5 Å². The molecule has 1 aromatic rings. The summed E-state index contributed by atoms with van der Waals surface area (Å²) < 4.78 is 23.0. The number of hydrogen-bond acceptors (Lipinski definition) is 4. The van der Waals surface area contributed by atoms with E-state index in [1.165, 1.54) is 0 Å². The summed E-state index contributed by atoms with van der Waals surface area (Å²) >= 11 is 4.90. The van der Waals surface area contributed by atoms with Gasteiger partial charge in [-0.25, -0.2) is 8.42 Å². The molecule has 18 heavy (non-hydrogen) atoms. The highest BCUT2D eigenvalue weighted by molar-refractivity contribution is 7.91. The van der Waals surface area contributed by atoms with Crippen LogP contribution in [0.4, 0.5) is 5.69 Å². The van der Waals surface area contributed by atoms with Crippen LogP contribution in [-0.2, 0) is 9.84 Å². The van der Waals surface area contributed by atoms with Gasteiger partial charge in [-0.3, -0.25) is 0 Å². The van der Waals surface area contributed by atoms with Crippen LogP contribution >= 0.6 is 12.2 Å². The van der Waals surface area contributed by atoms with Crippen LogP contribution in [0.5, 0.6) is 0 Å². The normalized spacial score (nSPS) is 22.7. The fourth-order valence-electron chi connectivity index (χ4n) is 2.20. The van der Waals surface area contributed by atoms with Crippen molar-refractivity contribution in [2.45, 2.75) is 13.0 Å². The van der Waals surface area contributed by atoms with E-state index in [2.05, 4.69) is 4.90 Å². The first-order chi connectivity index (χ1) is 8.39. The Morgan fingerprint density at radius 1 is 1.39 bits per heavy atom. The summed E-state index contributed by atoms with van der Waals surface area (Å²) in [7, 11) is -2.88. The number of anilines is 1. The summed E-state index contributed by atoms with van der Waals surface area (Å²) in [6.07, 6.45) is 0. The number of rotatable bonds is 2. The van der Waals surface area contributed by atoms with Crippen molar-refractivity contribution in [1.82, 2.24) is 0 Å². The average molecular weight is 284 g/mol. The second-order valence-electron chi connectivity index (χ2n) is 4.57. The Hall–Kier alpha value is -1.14. The summed E-state index contributed by atoms with van der Waals surface area (Å²) in [6.45, 7) is 2.47. The molecule has 1 fully saturated rings. The summed E-state index contributed by atoms with van der Waals surface area (Å²) in [5.41, 5.74) is 7.38. The molecular formula is C12H16N2O2S2. The molecule has 0 radical (unpaired) electrons. The van der Waals surface area contributed by atoms with Gasteiger partial charge in [-0.2, -0.15) is 0 Å². The summed E-state index contributed by atoms with van der Waals surface area (Å²) in [4.78, 5) is 2.47. The summed E-state index contributed by atoms with van der Waals surface area (Å²) in [6, 6.07) is 7.60. The number of nitrogens with zero attached hydrogens (tertiary/aromatic N) is 1. The maximum atomic E-state index is 11.5. The third-order valence-corrected chi connectivity index (χ3v) is 5.18. The van der Waals surface area contributed by atoms with Gasteiger partial charge >= 0.3 is 0 Å². The van der Waals surface area contributed by atoms with Crippen molar-refractivity contribution in [3.63, 3.8) is 0 Å². The summed E-state index contributed by atoms with van der Waals surface area (Å²) in [5.74, 6) is 0.429. The Morgan fingerprint density at radius 3 is 2.50 bits per heavy atom. The van der Waals surface area contributed by atoms with Gasteiger partial charge in [0.25, 0.3) is 0 Å². The minimum absolute atomic E-state index is 0.000530. The number of hydrogen-bond donors (Lipinski definition) is 1. The Morgan fingerprint density at radius 2 is 2.00 bits per heavy atom. The van der Waals surface area contributed by atoms with E-state index in [9.17, 15) is 8.42 Å². The van der Waals surface area contributed by atoms with Crippen LogP contribution in [0.15, 0.2) is 24.3 Å². The molecule has 0 bridgehead atoms. The van der Waals surface area contributed by atoms with Gasteiger partial charge in [0.05, 0.1) is 11.5 Å². The highest BCUT2D eigenvalue weighted by atomic mass is 32.2. The first-order valence-corrected chi connectivity index (χ1v) is 7.99. The molecule has 0 amide bonds. The van der Waals surface area contributed by atoms with Crippen molar-refractivity contribution in [3.8, 4) is 0 Å². The van der Waals surface area contributed by atoms with E-state index in [0.717, 1.165) is 11.3 Å². The van der Waals surface area contributed by atoms with E-state index in [-0.39, 0.29) is 17.5 Å². The van der Waals surface area contributed by atoms with E-state index in [4.69, 9.17) is 18.0 Å². The fraction of sp³-hybridized carbons (Fsp3) is 0.417. The molecule has 6 heteroatoms. The molecule has 98 valence electrons. The van der Waals surface area contributed by atoms with Gasteiger partial charge in [0.15, 0.2) is 9.84 Å². The Bertz CT molecular complexity index is 552. The van der Waals surface area contributed by atoms with Crippen LogP contribution in [0.25, 0.3) is 0 Å². The Labute approximate surface area is 113 Å². The van der Waals surface area contributed by atoms with Gasteiger partial charge in [0, 0.05) is 23.8 Å². The highest BCUT2D eigenvalue weighted by Gasteiger charge is 2.28. The van der Waals surface area contributed by atoms with Crippen molar-refractivity contribution in [2.24, 2.45) is 5.73 Å².